The number of carbonyl (C=O) groups is 2. The number of nitrogens with zero attached hydrogens (tertiary/aromatic N) is 1. The molecule has 4 rings (SSSR count). The summed E-state index contributed by atoms with van der Waals surface area (Å²) < 4.78 is 46.4. The maximum absolute atomic E-state index is 13.2. The first-order valence-electron chi connectivity index (χ1n) is 10.2. The third-order valence-electron chi connectivity index (χ3n) is 6.01. The molecule has 0 saturated heterocycles. The molecule has 0 aliphatic heterocycles. The zero-order valence-corrected chi connectivity index (χ0v) is 17.3. The Hall–Kier alpha value is -3.09. The molecule has 1 aliphatic rings. The van der Waals surface area contributed by atoms with Gasteiger partial charge in [0.05, 0.1) is 23.8 Å². The van der Waals surface area contributed by atoms with Crippen LogP contribution in [0.25, 0.3) is 10.9 Å². The van der Waals surface area contributed by atoms with Crippen molar-refractivity contribution in [2.75, 3.05) is 7.11 Å². The monoisotopic (exact) mass is 429 g/mol. The minimum atomic E-state index is -4.44. The average molecular weight is 429 g/mol. The quantitative estimate of drug-likeness (QED) is 0.504. The van der Waals surface area contributed by atoms with Crippen LogP contribution >= 0.6 is 0 Å². The number of Topliss-reactive ketones (excluding diaryl/α,β-unsaturated/α-hetero) is 1. The number of methoxy groups -OCH3 is 1. The highest BCUT2D eigenvalue weighted by Crippen LogP contribution is 2.38. The molecule has 4 nitrogen and oxygen atoms in total. The third kappa shape index (κ3) is 3.73. The molecule has 1 unspecified atom stereocenters. The lowest BCUT2D eigenvalue weighted by molar-refractivity contribution is -0.137. The summed E-state index contributed by atoms with van der Waals surface area (Å²) in [5, 5.41) is 0.524. The van der Waals surface area contributed by atoms with Crippen molar-refractivity contribution < 1.29 is 27.5 Å². The number of carbonyl (C=O) groups excluding carboxylic acids is 2. The van der Waals surface area contributed by atoms with Gasteiger partial charge >= 0.3 is 12.1 Å². The summed E-state index contributed by atoms with van der Waals surface area (Å²) in [5.74, 6) is -0.432. The van der Waals surface area contributed by atoms with Crippen LogP contribution in [0.1, 0.15) is 57.3 Å². The number of ketones is 1. The first-order chi connectivity index (χ1) is 14.7. The SMILES string of the molecule is CCC1CC(=O)c2c(n(Cc3cccc(C(F)(F)F)c3)c3cccc(C(=O)OC)c23)C1. The summed E-state index contributed by atoms with van der Waals surface area (Å²) in [4.78, 5) is 25.5. The average Bonchev–Trinajstić information content (AvgIpc) is 3.06. The Morgan fingerprint density at radius 3 is 2.58 bits per heavy atom. The lowest BCUT2D eigenvalue weighted by Crippen LogP contribution is -2.21. The normalized spacial score (nSPS) is 16.4. The topological polar surface area (TPSA) is 48.3 Å². The van der Waals surface area contributed by atoms with E-state index in [9.17, 15) is 22.8 Å². The summed E-state index contributed by atoms with van der Waals surface area (Å²) in [7, 11) is 1.28. The van der Waals surface area contributed by atoms with Gasteiger partial charge in [-0.3, -0.25) is 4.79 Å². The van der Waals surface area contributed by atoms with Gasteiger partial charge < -0.3 is 9.30 Å². The van der Waals surface area contributed by atoms with E-state index in [1.807, 2.05) is 11.5 Å². The summed E-state index contributed by atoms with van der Waals surface area (Å²) in [6, 6.07) is 10.3. The fourth-order valence-electron chi connectivity index (χ4n) is 4.45. The second-order valence-electron chi connectivity index (χ2n) is 7.90. The van der Waals surface area contributed by atoms with Gasteiger partial charge in [-0.1, -0.05) is 31.5 Å². The molecular formula is C24H22F3NO3. The largest absolute Gasteiger partial charge is 0.465 e. The zero-order chi connectivity index (χ0) is 22.3. The van der Waals surface area contributed by atoms with E-state index in [1.54, 1.807) is 24.3 Å². The summed E-state index contributed by atoms with van der Waals surface area (Å²) in [6.45, 7) is 2.19. The predicted octanol–water partition coefficient (Wildman–Crippen LogP) is 5.65. The number of alkyl halides is 3. The lowest BCUT2D eigenvalue weighted by Gasteiger charge is -2.22. The van der Waals surface area contributed by atoms with Gasteiger partial charge in [-0.15, -0.1) is 0 Å². The van der Waals surface area contributed by atoms with Crippen LogP contribution in [-0.4, -0.2) is 23.4 Å². The Kier molecular flexibility index (Phi) is 5.37. The summed E-state index contributed by atoms with van der Waals surface area (Å²) in [5.41, 5.74) is 1.97. The summed E-state index contributed by atoms with van der Waals surface area (Å²) in [6.07, 6.45) is -2.59. The molecule has 0 fully saturated rings. The smallest absolute Gasteiger partial charge is 0.416 e. The minimum Gasteiger partial charge on any atom is -0.465 e. The highest BCUT2D eigenvalue weighted by molar-refractivity contribution is 6.16. The van der Waals surface area contributed by atoms with E-state index in [0.29, 0.717) is 40.4 Å². The standard InChI is InChI=1S/C24H22F3NO3/c1-3-14-11-19-22(20(29)12-14)21-17(23(30)31-2)8-5-9-18(21)28(19)13-15-6-4-7-16(10-15)24(25,26)27/h4-10,14H,3,11-13H2,1-2H3. The lowest BCUT2D eigenvalue weighted by atomic mass is 9.84. The second-order valence-corrected chi connectivity index (χ2v) is 7.90. The zero-order valence-electron chi connectivity index (χ0n) is 17.3. The Labute approximate surface area is 177 Å². The van der Waals surface area contributed by atoms with E-state index < -0.39 is 17.7 Å². The van der Waals surface area contributed by atoms with Gasteiger partial charge in [0.15, 0.2) is 5.78 Å². The fraction of sp³-hybridized carbons (Fsp3) is 0.333. The van der Waals surface area contributed by atoms with E-state index in [0.717, 1.165) is 24.2 Å². The van der Waals surface area contributed by atoms with E-state index in [-0.39, 0.29) is 18.2 Å². The maximum Gasteiger partial charge on any atom is 0.416 e. The van der Waals surface area contributed by atoms with E-state index in [2.05, 4.69) is 0 Å². The van der Waals surface area contributed by atoms with Crippen LogP contribution in [0.5, 0.6) is 0 Å². The van der Waals surface area contributed by atoms with Crippen LogP contribution in [0.4, 0.5) is 13.2 Å². The molecule has 31 heavy (non-hydrogen) atoms. The highest BCUT2D eigenvalue weighted by Gasteiger charge is 2.33. The molecule has 0 radical (unpaired) electrons. The number of fused-ring (bicyclic) bond motifs is 3. The van der Waals surface area contributed by atoms with Crippen molar-refractivity contribution in [3.63, 3.8) is 0 Å². The number of esters is 1. The first kappa shape index (κ1) is 21.2. The molecule has 0 N–H and O–H groups in total. The van der Waals surface area contributed by atoms with Crippen molar-refractivity contribution in [2.45, 2.75) is 38.9 Å². The number of benzene rings is 2. The molecule has 7 heteroatoms. The molecule has 1 aliphatic carbocycles. The predicted molar refractivity (Wildman–Crippen MR) is 110 cm³/mol. The van der Waals surface area contributed by atoms with Crippen LogP contribution in [-0.2, 0) is 23.9 Å². The van der Waals surface area contributed by atoms with Gasteiger partial charge in [-0.25, -0.2) is 4.79 Å². The van der Waals surface area contributed by atoms with E-state index in [1.165, 1.54) is 13.2 Å². The van der Waals surface area contributed by atoms with Gasteiger partial charge in [0.25, 0.3) is 0 Å². The van der Waals surface area contributed by atoms with Crippen LogP contribution in [0.3, 0.4) is 0 Å². The first-order valence-corrected chi connectivity index (χ1v) is 10.2. The number of ether oxygens (including phenoxy) is 1. The molecule has 0 bridgehead atoms. The number of aromatic nitrogens is 1. The highest BCUT2D eigenvalue weighted by atomic mass is 19.4. The van der Waals surface area contributed by atoms with Gasteiger partial charge in [-0.05, 0) is 42.2 Å². The number of halogens is 3. The van der Waals surface area contributed by atoms with Crippen molar-refractivity contribution in [2.24, 2.45) is 5.92 Å². The van der Waals surface area contributed by atoms with Crippen molar-refractivity contribution >= 4 is 22.7 Å². The van der Waals surface area contributed by atoms with E-state index >= 15 is 0 Å². The fourth-order valence-corrected chi connectivity index (χ4v) is 4.45. The molecule has 1 aromatic heterocycles. The van der Waals surface area contributed by atoms with Crippen molar-refractivity contribution in [1.29, 1.82) is 0 Å². The van der Waals surface area contributed by atoms with Gasteiger partial charge in [-0.2, -0.15) is 13.2 Å². The molecule has 0 amide bonds. The van der Waals surface area contributed by atoms with Gasteiger partial charge in [0.2, 0.25) is 0 Å². The van der Waals surface area contributed by atoms with E-state index in [4.69, 9.17) is 4.74 Å². The summed E-state index contributed by atoms with van der Waals surface area (Å²) >= 11 is 0. The van der Waals surface area contributed by atoms with Crippen LogP contribution in [0.15, 0.2) is 42.5 Å². The third-order valence-corrected chi connectivity index (χ3v) is 6.01. The molecule has 2 aromatic carbocycles. The van der Waals surface area contributed by atoms with Gasteiger partial charge in [0.1, 0.15) is 0 Å². The second kappa shape index (κ2) is 7.87. The van der Waals surface area contributed by atoms with Crippen LogP contribution in [0.2, 0.25) is 0 Å². The maximum atomic E-state index is 13.2. The Balaban J connectivity index is 1.93. The molecular weight excluding hydrogens is 407 g/mol. The van der Waals surface area contributed by atoms with Crippen LogP contribution < -0.4 is 0 Å². The Morgan fingerprint density at radius 1 is 1.16 bits per heavy atom. The Morgan fingerprint density at radius 2 is 1.90 bits per heavy atom. The molecule has 162 valence electrons. The van der Waals surface area contributed by atoms with Crippen LogP contribution in [0, 0.1) is 5.92 Å². The minimum absolute atomic E-state index is 0.0442. The number of hydrogen-bond acceptors (Lipinski definition) is 3. The number of hydrogen-bond donors (Lipinski definition) is 0. The molecule has 0 saturated carbocycles. The Bertz CT molecular complexity index is 1180. The molecule has 0 spiro atoms. The molecule has 3 aromatic rings. The molecule has 1 atom stereocenters. The van der Waals surface area contributed by atoms with Crippen molar-refractivity contribution in [1.82, 2.24) is 4.57 Å². The van der Waals surface area contributed by atoms with Crippen molar-refractivity contribution in [3.05, 3.63) is 70.4 Å². The number of rotatable bonds is 4. The van der Waals surface area contributed by atoms with Crippen molar-refractivity contribution in [3.8, 4) is 0 Å². The van der Waals surface area contributed by atoms with Gasteiger partial charge in [0, 0.05) is 29.6 Å². The molecule has 1 heterocycles.